The average Bonchev–Trinajstić information content (AvgIpc) is 3.33. The summed E-state index contributed by atoms with van der Waals surface area (Å²) < 4.78 is 31.7. The van der Waals surface area contributed by atoms with Crippen LogP contribution in [0.25, 0.3) is 0 Å². The molecule has 2 aliphatic rings. The van der Waals surface area contributed by atoms with E-state index >= 15 is 0 Å². The van der Waals surface area contributed by atoms with Crippen molar-refractivity contribution in [1.82, 2.24) is 9.80 Å². The number of amides is 2. The second kappa shape index (κ2) is 11.0. The monoisotopic (exact) mass is 422 g/mol. The van der Waals surface area contributed by atoms with E-state index in [1.807, 2.05) is 0 Å². The minimum Gasteiger partial charge on any atom is -0.475 e. The van der Waals surface area contributed by atoms with Gasteiger partial charge in [-0.3, -0.25) is 9.59 Å². The molecule has 2 amide bonds. The fourth-order valence-corrected chi connectivity index (χ4v) is 3.28. The van der Waals surface area contributed by atoms with Gasteiger partial charge in [0.25, 0.3) is 0 Å². The van der Waals surface area contributed by atoms with Crippen LogP contribution in [0.4, 0.5) is 13.2 Å². The van der Waals surface area contributed by atoms with Crippen molar-refractivity contribution >= 4 is 17.8 Å². The van der Waals surface area contributed by atoms with Gasteiger partial charge >= 0.3 is 12.1 Å². The van der Waals surface area contributed by atoms with Gasteiger partial charge in [-0.15, -0.1) is 0 Å². The van der Waals surface area contributed by atoms with E-state index in [-0.39, 0.29) is 43.3 Å². The van der Waals surface area contributed by atoms with Crippen molar-refractivity contribution in [2.75, 3.05) is 19.7 Å². The molecule has 164 valence electrons. The summed E-state index contributed by atoms with van der Waals surface area (Å²) in [6.07, 6.45) is -1.36. The quantitative estimate of drug-likeness (QED) is 0.574. The first-order valence-corrected chi connectivity index (χ1v) is 9.19. The van der Waals surface area contributed by atoms with E-state index in [1.165, 1.54) is 4.90 Å². The number of carbonyl (C=O) groups excluding carboxylic acids is 2. The number of rotatable bonds is 5. The Bertz CT molecular complexity index is 638. The summed E-state index contributed by atoms with van der Waals surface area (Å²) in [6.45, 7) is 1.21. The van der Waals surface area contributed by atoms with Crippen molar-refractivity contribution in [3.05, 3.63) is 0 Å². The number of aliphatic hydroxyl groups excluding tert-OH is 1. The van der Waals surface area contributed by atoms with Gasteiger partial charge in [-0.1, -0.05) is 0 Å². The van der Waals surface area contributed by atoms with Crippen LogP contribution in [0.2, 0.25) is 0 Å². The highest BCUT2D eigenvalue weighted by Gasteiger charge is 2.38. The van der Waals surface area contributed by atoms with Crippen molar-refractivity contribution in [2.24, 2.45) is 5.73 Å². The van der Waals surface area contributed by atoms with Gasteiger partial charge in [-0.05, 0) is 32.1 Å². The van der Waals surface area contributed by atoms with Gasteiger partial charge < -0.3 is 25.7 Å². The minimum atomic E-state index is -5.08. The Morgan fingerprint density at radius 3 is 2.24 bits per heavy atom. The number of aliphatic hydroxyl groups is 1. The normalized spacial score (nSPS) is 22.5. The lowest BCUT2D eigenvalue weighted by Gasteiger charge is -2.25. The zero-order valence-corrected chi connectivity index (χ0v) is 15.8. The van der Waals surface area contributed by atoms with Gasteiger partial charge in [-0.25, -0.2) is 4.79 Å². The van der Waals surface area contributed by atoms with Gasteiger partial charge in [0.05, 0.1) is 24.8 Å². The third-order valence-corrected chi connectivity index (χ3v) is 4.82. The van der Waals surface area contributed by atoms with Crippen LogP contribution in [0.5, 0.6) is 0 Å². The molecule has 2 fully saturated rings. The predicted octanol–water partition coefficient (Wildman–Crippen LogP) is 0.225. The standard InChI is InChI=1S/C15H24N4O3.C2HF3O2/c16-9-11-3-1-8-19(11)15(22)13(17)5-6-14(21)18-7-2-4-12(18)10-20;3-2(4,5)1(6)7/h11-13,20H,1-8,10,17H2;(H,6,7)/t11-,12?,13?;/m0./s1. The van der Waals surface area contributed by atoms with Crippen molar-refractivity contribution in [2.45, 2.75) is 62.8 Å². The first-order valence-electron chi connectivity index (χ1n) is 9.19. The first-order chi connectivity index (χ1) is 13.5. The smallest absolute Gasteiger partial charge is 0.475 e. The van der Waals surface area contributed by atoms with Gasteiger partial charge in [0.2, 0.25) is 11.8 Å². The molecule has 2 rings (SSSR count). The Hall–Kier alpha value is -2.39. The second-order valence-electron chi connectivity index (χ2n) is 6.83. The molecule has 0 aromatic carbocycles. The Morgan fingerprint density at radius 2 is 1.72 bits per heavy atom. The SMILES string of the molecule is N#C[C@@H]1CCCN1C(=O)C(N)CCC(=O)N1CCCC1CO.O=C(O)C(F)(F)F. The van der Waals surface area contributed by atoms with Crippen molar-refractivity contribution in [1.29, 1.82) is 5.26 Å². The lowest BCUT2D eigenvalue weighted by atomic mass is 10.1. The number of halogens is 3. The molecule has 0 saturated carbocycles. The van der Waals surface area contributed by atoms with E-state index in [0.29, 0.717) is 19.5 Å². The topological polar surface area (TPSA) is 148 Å². The summed E-state index contributed by atoms with van der Waals surface area (Å²) in [5.41, 5.74) is 5.91. The molecule has 29 heavy (non-hydrogen) atoms. The predicted molar refractivity (Wildman–Crippen MR) is 93.1 cm³/mol. The van der Waals surface area contributed by atoms with Crippen LogP contribution in [0.1, 0.15) is 38.5 Å². The maximum Gasteiger partial charge on any atom is 0.490 e. The van der Waals surface area contributed by atoms with Gasteiger partial charge in [0.15, 0.2) is 0 Å². The molecule has 4 N–H and O–H groups in total. The summed E-state index contributed by atoms with van der Waals surface area (Å²) in [5, 5.41) is 25.4. The number of nitrogens with zero attached hydrogens (tertiary/aromatic N) is 3. The number of hydrogen-bond donors (Lipinski definition) is 3. The third-order valence-electron chi connectivity index (χ3n) is 4.82. The molecule has 2 unspecified atom stereocenters. The zero-order chi connectivity index (χ0) is 22.2. The van der Waals surface area contributed by atoms with E-state index in [0.717, 1.165) is 19.3 Å². The first kappa shape index (κ1) is 24.6. The second-order valence-corrected chi connectivity index (χ2v) is 6.83. The Balaban J connectivity index is 0.000000516. The van der Waals surface area contributed by atoms with Crippen molar-refractivity contribution in [3.8, 4) is 6.07 Å². The molecular formula is C17H25F3N4O5. The molecule has 2 saturated heterocycles. The highest BCUT2D eigenvalue weighted by molar-refractivity contribution is 5.84. The number of carboxylic acid groups (broad SMARTS) is 1. The molecule has 0 spiro atoms. The third kappa shape index (κ3) is 7.17. The fraction of sp³-hybridized carbons (Fsp3) is 0.765. The number of hydrogen-bond acceptors (Lipinski definition) is 6. The maximum absolute atomic E-state index is 12.3. The molecule has 2 heterocycles. The van der Waals surface area contributed by atoms with E-state index in [4.69, 9.17) is 20.9 Å². The molecule has 12 heteroatoms. The van der Waals surface area contributed by atoms with E-state index in [9.17, 15) is 27.9 Å². The van der Waals surface area contributed by atoms with Crippen LogP contribution in [-0.4, -0.2) is 81.8 Å². The number of nitrogens with two attached hydrogens (primary N) is 1. The number of nitriles is 1. The summed E-state index contributed by atoms with van der Waals surface area (Å²) in [7, 11) is 0. The van der Waals surface area contributed by atoms with Crippen molar-refractivity contribution < 1.29 is 37.8 Å². The fourth-order valence-electron chi connectivity index (χ4n) is 3.28. The minimum absolute atomic E-state index is 0.0195. The number of aliphatic carboxylic acids is 1. The molecule has 0 aliphatic carbocycles. The van der Waals surface area contributed by atoms with Gasteiger partial charge in [-0.2, -0.15) is 18.4 Å². The van der Waals surface area contributed by atoms with Gasteiger partial charge in [0, 0.05) is 19.5 Å². The zero-order valence-electron chi connectivity index (χ0n) is 15.8. The van der Waals surface area contributed by atoms with Gasteiger partial charge in [0.1, 0.15) is 6.04 Å². The van der Waals surface area contributed by atoms with Crippen LogP contribution in [0, 0.1) is 11.3 Å². The van der Waals surface area contributed by atoms with Crippen LogP contribution in [0.3, 0.4) is 0 Å². The molecule has 0 bridgehead atoms. The molecule has 0 radical (unpaired) electrons. The summed E-state index contributed by atoms with van der Waals surface area (Å²) in [4.78, 5) is 36.5. The number of alkyl halides is 3. The number of carbonyl (C=O) groups is 3. The van der Waals surface area contributed by atoms with Crippen LogP contribution in [-0.2, 0) is 14.4 Å². The van der Waals surface area contributed by atoms with Crippen molar-refractivity contribution in [3.63, 3.8) is 0 Å². The average molecular weight is 422 g/mol. The Labute approximate surface area is 165 Å². The summed E-state index contributed by atoms with van der Waals surface area (Å²) in [6, 6.07) is 0.898. The largest absolute Gasteiger partial charge is 0.490 e. The van der Waals surface area contributed by atoms with Crippen LogP contribution in [0.15, 0.2) is 0 Å². The van der Waals surface area contributed by atoms with Crippen LogP contribution >= 0.6 is 0 Å². The lowest BCUT2D eigenvalue weighted by molar-refractivity contribution is -0.192. The molecule has 2 aliphatic heterocycles. The molecule has 0 aromatic heterocycles. The van der Waals surface area contributed by atoms with Crippen LogP contribution < -0.4 is 5.73 Å². The van der Waals surface area contributed by atoms with E-state index < -0.39 is 18.2 Å². The molecular weight excluding hydrogens is 397 g/mol. The highest BCUT2D eigenvalue weighted by atomic mass is 19.4. The number of carboxylic acids is 1. The summed E-state index contributed by atoms with van der Waals surface area (Å²) >= 11 is 0. The Kier molecular flexibility index (Phi) is 9.32. The van der Waals surface area contributed by atoms with E-state index in [1.54, 1.807) is 4.90 Å². The number of likely N-dealkylation sites (tertiary alicyclic amines) is 2. The lowest BCUT2D eigenvalue weighted by Crippen LogP contribution is -2.46. The Morgan fingerprint density at radius 1 is 1.17 bits per heavy atom. The molecule has 3 atom stereocenters. The summed E-state index contributed by atoms with van der Waals surface area (Å²) in [5.74, 6) is -3.05. The van der Waals surface area contributed by atoms with E-state index in [2.05, 4.69) is 6.07 Å². The molecule has 9 nitrogen and oxygen atoms in total. The molecule has 0 aromatic rings. The maximum atomic E-state index is 12.3. The highest BCUT2D eigenvalue weighted by Crippen LogP contribution is 2.20.